The topological polar surface area (TPSA) is 35.5 Å². The van der Waals surface area contributed by atoms with Crippen LogP contribution in [-0.4, -0.2) is 13.2 Å². The third-order valence-electron chi connectivity index (χ3n) is 2.81. The Morgan fingerprint density at radius 1 is 1.17 bits per heavy atom. The predicted molar refractivity (Wildman–Crippen MR) is 75.1 cm³/mol. The van der Waals surface area contributed by atoms with Crippen molar-refractivity contribution in [1.29, 1.82) is 0 Å². The van der Waals surface area contributed by atoms with Gasteiger partial charge in [0, 0.05) is 0 Å². The molecule has 0 radical (unpaired) electrons. The van der Waals surface area contributed by atoms with E-state index in [1.807, 2.05) is 45.9 Å². The summed E-state index contributed by atoms with van der Waals surface area (Å²) in [5.41, 5.74) is 2.01. The molecule has 0 heterocycles. The Labute approximate surface area is 110 Å². The van der Waals surface area contributed by atoms with Gasteiger partial charge in [0.2, 0.25) is 0 Å². The van der Waals surface area contributed by atoms with Crippen LogP contribution in [0.5, 0.6) is 0 Å². The van der Waals surface area contributed by atoms with E-state index in [1.165, 1.54) is 0 Å². The van der Waals surface area contributed by atoms with Crippen molar-refractivity contribution in [3.05, 3.63) is 35.4 Å². The lowest BCUT2D eigenvalue weighted by molar-refractivity contribution is 0.211. The van der Waals surface area contributed by atoms with Gasteiger partial charge in [0.25, 0.3) is 0 Å². The quantitative estimate of drug-likeness (QED) is 0.673. The zero-order valence-electron chi connectivity index (χ0n) is 11.7. The van der Waals surface area contributed by atoms with Gasteiger partial charge < -0.3 is 9.05 Å². The summed E-state index contributed by atoms with van der Waals surface area (Å²) >= 11 is 0. The standard InChI is InChI=1S/C14H23O3P/c1-5-14(13-10-8-9-12(4)11-13)18(15,16-6-2)17-7-3/h8-11,14H,5-7H2,1-4H3/t14-/m1/s1. The molecular weight excluding hydrogens is 247 g/mol. The largest absolute Gasteiger partial charge is 0.338 e. The molecule has 0 spiro atoms. The summed E-state index contributed by atoms with van der Waals surface area (Å²) in [6.07, 6.45) is 0.737. The Morgan fingerprint density at radius 2 is 1.78 bits per heavy atom. The monoisotopic (exact) mass is 270 g/mol. The molecule has 0 saturated heterocycles. The number of rotatable bonds is 7. The normalized spacial score (nSPS) is 13.6. The van der Waals surface area contributed by atoms with E-state index in [-0.39, 0.29) is 5.66 Å². The van der Waals surface area contributed by atoms with Crippen LogP contribution in [0, 0.1) is 6.92 Å². The van der Waals surface area contributed by atoms with Crippen LogP contribution in [-0.2, 0) is 13.6 Å². The summed E-state index contributed by atoms with van der Waals surface area (Å²) in [7, 11) is -3.07. The average molecular weight is 270 g/mol. The van der Waals surface area contributed by atoms with E-state index >= 15 is 0 Å². The van der Waals surface area contributed by atoms with E-state index < -0.39 is 7.60 Å². The fraction of sp³-hybridized carbons (Fsp3) is 0.571. The highest BCUT2D eigenvalue weighted by molar-refractivity contribution is 7.54. The second-order valence-electron chi connectivity index (χ2n) is 4.21. The third-order valence-corrected chi connectivity index (χ3v) is 5.48. The van der Waals surface area contributed by atoms with Crippen LogP contribution in [0.2, 0.25) is 0 Å². The highest BCUT2D eigenvalue weighted by Crippen LogP contribution is 2.62. The molecule has 0 unspecified atom stereocenters. The van der Waals surface area contributed by atoms with E-state index in [0.717, 1.165) is 17.5 Å². The molecule has 0 N–H and O–H groups in total. The predicted octanol–water partition coefficient (Wildman–Crippen LogP) is 4.71. The summed E-state index contributed by atoms with van der Waals surface area (Å²) in [4.78, 5) is 0. The van der Waals surface area contributed by atoms with Crippen molar-refractivity contribution < 1.29 is 13.6 Å². The molecule has 0 bridgehead atoms. The van der Waals surface area contributed by atoms with Crippen LogP contribution in [0.25, 0.3) is 0 Å². The molecule has 3 nitrogen and oxygen atoms in total. The van der Waals surface area contributed by atoms with Gasteiger partial charge in [0.1, 0.15) is 0 Å². The molecule has 0 aliphatic heterocycles. The lowest BCUT2D eigenvalue weighted by atomic mass is 10.1. The Morgan fingerprint density at radius 3 is 2.22 bits per heavy atom. The highest BCUT2D eigenvalue weighted by Gasteiger charge is 2.35. The lowest BCUT2D eigenvalue weighted by Crippen LogP contribution is -2.06. The van der Waals surface area contributed by atoms with Gasteiger partial charge in [-0.15, -0.1) is 0 Å². The van der Waals surface area contributed by atoms with E-state index in [0.29, 0.717) is 13.2 Å². The zero-order chi connectivity index (χ0) is 13.6. The Bertz CT molecular complexity index is 407. The molecule has 0 aromatic heterocycles. The van der Waals surface area contributed by atoms with Crippen LogP contribution in [0.4, 0.5) is 0 Å². The van der Waals surface area contributed by atoms with Crippen LogP contribution in [0.3, 0.4) is 0 Å². The van der Waals surface area contributed by atoms with Crippen molar-refractivity contribution >= 4 is 7.60 Å². The molecule has 4 heteroatoms. The first kappa shape index (κ1) is 15.4. The van der Waals surface area contributed by atoms with Crippen LogP contribution < -0.4 is 0 Å². The van der Waals surface area contributed by atoms with Crippen LogP contribution >= 0.6 is 7.60 Å². The molecule has 1 aromatic rings. The van der Waals surface area contributed by atoms with Gasteiger partial charge in [-0.25, -0.2) is 0 Å². The summed E-state index contributed by atoms with van der Waals surface area (Å²) in [6, 6.07) is 8.06. The second kappa shape index (κ2) is 7.08. The molecule has 0 fully saturated rings. The average Bonchev–Trinajstić information content (AvgIpc) is 2.30. The smallest absolute Gasteiger partial charge is 0.308 e. The molecule has 0 saturated carbocycles. The van der Waals surface area contributed by atoms with Gasteiger partial charge in [0.05, 0.1) is 18.9 Å². The highest BCUT2D eigenvalue weighted by atomic mass is 31.2. The lowest BCUT2D eigenvalue weighted by Gasteiger charge is -2.25. The second-order valence-corrected chi connectivity index (χ2v) is 6.43. The van der Waals surface area contributed by atoms with Crippen molar-refractivity contribution in [1.82, 2.24) is 0 Å². The van der Waals surface area contributed by atoms with E-state index in [9.17, 15) is 4.57 Å². The van der Waals surface area contributed by atoms with Crippen molar-refractivity contribution in [2.45, 2.75) is 39.8 Å². The first-order valence-electron chi connectivity index (χ1n) is 6.52. The number of benzene rings is 1. The van der Waals surface area contributed by atoms with E-state index in [4.69, 9.17) is 9.05 Å². The molecule has 102 valence electrons. The maximum atomic E-state index is 12.8. The molecule has 1 atom stereocenters. The minimum Gasteiger partial charge on any atom is -0.308 e. The molecule has 0 amide bonds. The number of hydrogen-bond donors (Lipinski definition) is 0. The molecule has 0 aliphatic carbocycles. The molecule has 1 rings (SSSR count). The summed E-state index contributed by atoms with van der Waals surface area (Å²) in [5, 5.41) is 0. The van der Waals surface area contributed by atoms with Crippen molar-refractivity contribution in [2.75, 3.05) is 13.2 Å². The number of aryl methyl sites for hydroxylation is 1. The van der Waals surface area contributed by atoms with E-state index in [1.54, 1.807) is 0 Å². The SMILES string of the molecule is CCOP(=O)(OCC)[C@H](CC)c1cccc(C)c1. The molecule has 0 aliphatic rings. The minimum atomic E-state index is -3.07. The fourth-order valence-corrected chi connectivity index (χ4v) is 4.22. The summed E-state index contributed by atoms with van der Waals surface area (Å²) in [5.74, 6) is 0. The number of hydrogen-bond acceptors (Lipinski definition) is 3. The Balaban J connectivity index is 3.09. The zero-order valence-corrected chi connectivity index (χ0v) is 12.6. The molecule has 18 heavy (non-hydrogen) atoms. The van der Waals surface area contributed by atoms with Crippen molar-refractivity contribution in [2.24, 2.45) is 0 Å². The fourth-order valence-electron chi connectivity index (χ4n) is 2.10. The first-order chi connectivity index (χ1) is 8.57. The third kappa shape index (κ3) is 3.68. The van der Waals surface area contributed by atoms with Gasteiger partial charge in [0.15, 0.2) is 0 Å². The summed E-state index contributed by atoms with van der Waals surface area (Å²) in [6.45, 7) is 8.53. The molecular formula is C14H23O3P. The minimum absolute atomic E-state index is 0.183. The van der Waals surface area contributed by atoms with Gasteiger partial charge in [-0.2, -0.15) is 0 Å². The van der Waals surface area contributed by atoms with Crippen molar-refractivity contribution in [3.8, 4) is 0 Å². The Kier molecular flexibility index (Phi) is 6.07. The van der Waals surface area contributed by atoms with Gasteiger partial charge in [-0.05, 0) is 32.8 Å². The Hall–Kier alpha value is -0.630. The van der Waals surface area contributed by atoms with Gasteiger partial charge in [-0.3, -0.25) is 4.57 Å². The summed E-state index contributed by atoms with van der Waals surface area (Å²) < 4.78 is 23.7. The first-order valence-corrected chi connectivity index (χ1v) is 8.13. The van der Waals surface area contributed by atoms with Crippen molar-refractivity contribution in [3.63, 3.8) is 0 Å². The maximum absolute atomic E-state index is 12.8. The maximum Gasteiger partial charge on any atom is 0.338 e. The van der Waals surface area contributed by atoms with E-state index in [2.05, 4.69) is 6.07 Å². The van der Waals surface area contributed by atoms with Gasteiger partial charge in [-0.1, -0.05) is 36.8 Å². The van der Waals surface area contributed by atoms with Crippen LogP contribution in [0.15, 0.2) is 24.3 Å². The van der Waals surface area contributed by atoms with Crippen LogP contribution in [0.1, 0.15) is 44.0 Å². The molecule has 1 aromatic carbocycles. The van der Waals surface area contributed by atoms with Gasteiger partial charge >= 0.3 is 7.60 Å².